The lowest BCUT2D eigenvalue weighted by Gasteiger charge is -2.03. The Hall–Kier alpha value is -3.21. The van der Waals surface area contributed by atoms with Gasteiger partial charge in [0.1, 0.15) is 5.75 Å². The van der Waals surface area contributed by atoms with Crippen molar-refractivity contribution in [2.75, 3.05) is 14.2 Å². The molecule has 0 radical (unpaired) electrons. The molecule has 0 fully saturated rings. The van der Waals surface area contributed by atoms with E-state index in [0.29, 0.717) is 17.1 Å². The van der Waals surface area contributed by atoms with Gasteiger partial charge in [-0.3, -0.25) is 4.79 Å². The Balaban J connectivity index is 1.83. The Morgan fingerprint density at radius 3 is 2.71 bits per heavy atom. The minimum absolute atomic E-state index is 0.132. The first kappa shape index (κ1) is 15.7. The Morgan fingerprint density at radius 1 is 1.04 bits per heavy atom. The van der Waals surface area contributed by atoms with E-state index in [1.165, 1.54) is 13.2 Å². The largest absolute Gasteiger partial charge is 0.497 e. The molecule has 2 heterocycles. The van der Waals surface area contributed by atoms with Gasteiger partial charge in [0.05, 0.1) is 25.4 Å². The van der Waals surface area contributed by atoms with Crippen molar-refractivity contribution < 1.29 is 14.3 Å². The van der Waals surface area contributed by atoms with Crippen molar-refractivity contribution in [3.63, 3.8) is 0 Å². The summed E-state index contributed by atoms with van der Waals surface area (Å²) >= 11 is 0. The molecule has 0 aliphatic carbocycles. The molecule has 3 rings (SSSR count). The maximum Gasteiger partial charge on any atom is 0.213 e. The Bertz CT molecular complexity index is 919. The van der Waals surface area contributed by atoms with Gasteiger partial charge < -0.3 is 9.47 Å². The summed E-state index contributed by atoms with van der Waals surface area (Å²) in [5.41, 5.74) is 2.07. The number of carbonyl (C=O) groups excluding carboxylic acids is 1. The number of benzene rings is 1. The second-order valence-corrected chi connectivity index (χ2v) is 5.08. The second-order valence-electron chi connectivity index (χ2n) is 5.08. The maximum absolute atomic E-state index is 12.2. The number of ketones is 1. The first-order valence-corrected chi connectivity index (χ1v) is 7.37. The molecule has 24 heavy (non-hydrogen) atoms. The molecule has 5 nitrogen and oxygen atoms in total. The first-order valence-electron chi connectivity index (χ1n) is 7.37. The molecule has 3 aromatic rings. The van der Waals surface area contributed by atoms with Crippen molar-refractivity contribution in [2.45, 2.75) is 0 Å². The number of hydrogen-bond acceptors (Lipinski definition) is 5. The van der Waals surface area contributed by atoms with E-state index in [1.54, 1.807) is 31.5 Å². The van der Waals surface area contributed by atoms with Gasteiger partial charge in [0.2, 0.25) is 5.88 Å². The molecule has 0 saturated carbocycles. The third kappa shape index (κ3) is 3.41. The van der Waals surface area contributed by atoms with Crippen LogP contribution in [0.5, 0.6) is 11.6 Å². The van der Waals surface area contributed by atoms with Crippen LogP contribution in [-0.4, -0.2) is 30.0 Å². The average Bonchev–Trinajstić information content (AvgIpc) is 2.65. The quantitative estimate of drug-likeness (QED) is 0.531. The van der Waals surface area contributed by atoms with Crippen LogP contribution in [0.25, 0.3) is 17.0 Å². The van der Waals surface area contributed by atoms with Crippen molar-refractivity contribution in [3.05, 3.63) is 66.0 Å². The summed E-state index contributed by atoms with van der Waals surface area (Å²) < 4.78 is 10.2. The zero-order valence-corrected chi connectivity index (χ0v) is 13.4. The predicted octanol–water partition coefficient (Wildman–Crippen LogP) is 3.54. The molecule has 0 bridgehead atoms. The number of rotatable bonds is 5. The number of allylic oxidation sites excluding steroid dienone is 1. The number of carbonyl (C=O) groups is 1. The van der Waals surface area contributed by atoms with Crippen LogP contribution in [0.4, 0.5) is 0 Å². The molecular formula is C19H16N2O3. The summed E-state index contributed by atoms with van der Waals surface area (Å²) in [6, 6.07) is 12.7. The zero-order valence-electron chi connectivity index (χ0n) is 13.4. The summed E-state index contributed by atoms with van der Waals surface area (Å²) in [5, 5.41) is 0.983. The maximum atomic E-state index is 12.2. The average molecular weight is 320 g/mol. The van der Waals surface area contributed by atoms with Gasteiger partial charge in [0.15, 0.2) is 5.78 Å². The molecule has 5 heteroatoms. The number of nitrogens with zero attached hydrogens (tertiary/aromatic N) is 2. The van der Waals surface area contributed by atoms with Crippen molar-refractivity contribution in [1.29, 1.82) is 0 Å². The second kappa shape index (κ2) is 6.91. The molecule has 0 aliphatic rings. The van der Waals surface area contributed by atoms with Gasteiger partial charge in [-0.2, -0.15) is 0 Å². The van der Waals surface area contributed by atoms with Gasteiger partial charge in [0, 0.05) is 23.2 Å². The third-order valence-electron chi connectivity index (χ3n) is 3.55. The number of hydrogen-bond donors (Lipinski definition) is 0. The molecule has 120 valence electrons. The Labute approximate surface area is 139 Å². The smallest absolute Gasteiger partial charge is 0.213 e. The lowest BCUT2D eigenvalue weighted by Crippen LogP contribution is -1.96. The van der Waals surface area contributed by atoms with Crippen molar-refractivity contribution in [3.8, 4) is 11.6 Å². The van der Waals surface area contributed by atoms with Crippen LogP contribution >= 0.6 is 0 Å². The molecule has 0 N–H and O–H groups in total. The summed E-state index contributed by atoms with van der Waals surface area (Å²) in [6.45, 7) is 0. The lowest BCUT2D eigenvalue weighted by molar-refractivity contribution is 0.104. The van der Waals surface area contributed by atoms with E-state index in [-0.39, 0.29) is 5.78 Å². The Kier molecular flexibility index (Phi) is 4.52. The molecule has 0 unspecified atom stereocenters. The molecule has 2 aromatic heterocycles. The highest BCUT2D eigenvalue weighted by atomic mass is 16.5. The van der Waals surface area contributed by atoms with Gasteiger partial charge in [0.25, 0.3) is 0 Å². The number of methoxy groups -OCH3 is 2. The standard InChI is InChI=1S/C19H16N2O3/c1-23-16-6-7-17-13(11-16)3-4-15(21-17)5-8-18(22)14-9-10-20-19(12-14)24-2/h3-12H,1-2H3/b8-5+. The number of ether oxygens (including phenoxy) is 2. The lowest BCUT2D eigenvalue weighted by atomic mass is 10.1. The van der Waals surface area contributed by atoms with Crippen molar-refractivity contribution >= 4 is 22.8 Å². The van der Waals surface area contributed by atoms with Crippen LogP contribution in [0.2, 0.25) is 0 Å². The molecule has 0 atom stereocenters. The third-order valence-corrected chi connectivity index (χ3v) is 3.55. The predicted molar refractivity (Wildman–Crippen MR) is 92.4 cm³/mol. The molecule has 0 spiro atoms. The normalized spacial score (nSPS) is 10.9. The van der Waals surface area contributed by atoms with Crippen molar-refractivity contribution in [2.24, 2.45) is 0 Å². The number of aromatic nitrogens is 2. The van der Waals surface area contributed by atoms with E-state index in [0.717, 1.165) is 16.7 Å². The minimum atomic E-state index is -0.132. The summed E-state index contributed by atoms with van der Waals surface area (Å²) in [4.78, 5) is 20.7. The minimum Gasteiger partial charge on any atom is -0.497 e. The zero-order chi connectivity index (χ0) is 16.9. The molecule has 0 aliphatic heterocycles. The number of pyridine rings is 2. The fourth-order valence-corrected chi connectivity index (χ4v) is 2.27. The van der Waals surface area contributed by atoms with E-state index in [2.05, 4.69) is 9.97 Å². The first-order chi connectivity index (χ1) is 11.7. The summed E-state index contributed by atoms with van der Waals surface area (Å²) in [5.74, 6) is 1.06. The van der Waals surface area contributed by atoms with E-state index < -0.39 is 0 Å². The van der Waals surface area contributed by atoms with E-state index in [4.69, 9.17) is 9.47 Å². The van der Waals surface area contributed by atoms with E-state index in [9.17, 15) is 4.79 Å². The monoisotopic (exact) mass is 320 g/mol. The van der Waals surface area contributed by atoms with Gasteiger partial charge in [-0.25, -0.2) is 9.97 Å². The van der Waals surface area contributed by atoms with Crippen LogP contribution in [0, 0.1) is 0 Å². The molecule has 0 saturated heterocycles. The van der Waals surface area contributed by atoms with Crippen LogP contribution in [0.15, 0.2) is 54.7 Å². The van der Waals surface area contributed by atoms with Crippen LogP contribution in [0.1, 0.15) is 16.1 Å². The van der Waals surface area contributed by atoms with Gasteiger partial charge in [-0.15, -0.1) is 0 Å². The van der Waals surface area contributed by atoms with Crippen molar-refractivity contribution in [1.82, 2.24) is 9.97 Å². The van der Waals surface area contributed by atoms with Gasteiger partial charge in [-0.1, -0.05) is 6.07 Å². The fourth-order valence-electron chi connectivity index (χ4n) is 2.27. The molecule has 1 aromatic carbocycles. The van der Waals surface area contributed by atoms with Crippen LogP contribution in [-0.2, 0) is 0 Å². The Morgan fingerprint density at radius 2 is 1.92 bits per heavy atom. The highest BCUT2D eigenvalue weighted by Gasteiger charge is 2.04. The molecule has 0 amide bonds. The van der Waals surface area contributed by atoms with Gasteiger partial charge in [-0.05, 0) is 42.5 Å². The van der Waals surface area contributed by atoms with Crippen LogP contribution in [0.3, 0.4) is 0 Å². The highest BCUT2D eigenvalue weighted by molar-refractivity contribution is 6.06. The SMILES string of the molecule is COc1ccc2nc(/C=C/C(=O)c3ccnc(OC)c3)ccc2c1. The molecular weight excluding hydrogens is 304 g/mol. The van der Waals surface area contributed by atoms with E-state index >= 15 is 0 Å². The number of fused-ring (bicyclic) bond motifs is 1. The van der Waals surface area contributed by atoms with E-state index in [1.807, 2.05) is 30.3 Å². The highest BCUT2D eigenvalue weighted by Crippen LogP contribution is 2.20. The van der Waals surface area contributed by atoms with Crippen LogP contribution < -0.4 is 9.47 Å². The van der Waals surface area contributed by atoms with Gasteiger partial charge >= 0.3 is 0 Å². The summed E-state index contributed by atoms with van der Waals surface area (Å²) in [7, 11) is 3.14. The topological polar surface area (TPSA) is 61.3 Å². The fraction of sp³-hybridized carbons (Fsp3) is 0.105. The summed E-state index contributed by atoms with van der Waals surface area (Å²) in [6.07, 6.45) is 4.73.